The van der Waals surface area contributed by atoms with Crippen LogP contribution in [0.3, 0.4) is 0 Å². The minimum absolute atomic E-state index is 0.178. The summed E-state index contributed by atoms with van der Waals surface area (Å²) in [5.41, 5.74) is 2.42. The monoisotopic (exact) mass is 326 g/mol. The van der Waals surface area contributed by atoms with Gasteiger partial charge in [0.2, 0.25) is 5.91 Å². The molecule has 0 aliphatic carbocycles. The second-order valence-corrected chi connectivity index (χ2v) is 5.92. The SMILES string of the molecule is O=C(NCc1ccc(F)cc1)c1ccc(CN2CCCC2=O)cc1. The van der Waals surface area contributed by atoms with E-state index in [1.807, 2.05) is 17.0 Å². The Morgan fingerprint density at radius 1 is 1.04 bits per heavy atom. The topological polar surface area (TPSA) is 49.4 Å². The quantitative estimate of drug-likeness (QED) is 0.918. The van der Waals surface area contributed by atoms with E-state index in [2.05, 4.69) is 5.32 Å². The van der Waals surface area contributed by atoms with E-state index in [0.29, 0.717) is 25.1 Å². The van der Waals surface area contributed by atoms with Crippen LogP contribution in [-0.4, -0.2) is 23.3 Å². The molecule has 0 unspecified atom stereocenters. The fraction of sp³-hybridized carbons (Fsp3) is 0.263. The maximum absolute atomic E-state index is 12.8. The van der Waals surface area contributed by atoms with Gasteiger partial charge in [-0.05, 0) is 41.8 Å². The van der Waals surface area contributed by atoms with Gasteiger partial charge in [-0.1, -0.05) is 24.3 Å². The molecule has 1 saturated heterocycles. The van der Waals surface area contributed by atoms with E-state index < -0.39 is 0 Å². The van der Waals surface area contributed by atoms with Gasteiger partial charge in [0.05, 0.1) is 0 Å². The number of rotatable bonds is 5. The number of hydrogen-bond acceptors (Lipinski definition) is 2. The third kappa shape index (κ3) is 3.98. The highest BCUT2D eigenvalue weighted by molar-refractivity contribution is 5.94. The summed E-state index contributed by atoms with van der Waals surface area (Å²) in [4.78, 5) is 25.6. The van der Waals surface area contributed by atoms with Gasteiger partial charge < -0.3 is 10.2 Å². The summed E-state index contributed by atoms with van der Waals surface area (Å²) in [6.07, 6.45) is 1.55. The van der Waals surface area contributed by atoms with Crippen LogP contribution in [0.25, 0.3) is 0 Å². The van der Waals surface area contributed by atoms with Crippen molar-refractivity contribution < 1.29 is 14.0 Å². The van der Waals surface area contributed by atoms with E-state index in [9.17, 15) is 14.0 Å². The summed E-state index contributed by atoms with van der Waals surface area (Å²) in [7, 11) is 0. The molecule has 0 spiro atoms. The highest BCUT2D eigenvalue weighted by atomic mass is 19.1. The molecule has 1 N–H and O–H groups in total. The van der Waals surface area contributed by atoms with Gasteiger partial charge >= 0.3 is 0 Å². The van der Waals surface area contributed by atoms with Crippen molar-refractivity contribution in [1.29, 1.82) is 0 Å². The molecule has 2 amide bonds. The Morgan fingerprint density at radius 3 is 2.33 bits per heavy atom. The molecule has 1 aliphatic heterocycles. The molecule has 1 heterocycles. The molecular formula is C19H19FN2O2. The third-order valence-electron chi connectivity index (χ3n) is 4.13. The van der Waals surface area contributed by atoms with Gasteiger partial charge in [0, 0.05) is 31.6 Å². The van der Waals surface area contributed by atoms with Gasteiger partial charge in [-0.3, -0.25) is 9.59 Å². The van der Waals surface area contributed by atoms with Crippen LogP contribution in [0, 0.1) is 5.82 Å². The Kier molecular flexibility index (Phi) is 4.89. The Labute approximate surface area is 140 Å². The first-order valence-corrected chi connectivity index (χ1v) is 8.01. The number of halogens is 1. The number of likely N-dealkylation sites (tertiary alicyclic amines) is 1. The smallest absolute Gasteiger partial charge is 0.251 e. The summed E-state index contributed by atoms with van der Waals surface area (Å²) < 4.78 is 12.8. The normalized spacial score (nSPS) is 14.0. The second-order valence-electron chi connectivity index (χ2n) is 5.92. The van der Waals surface area contributed by atoms with Crippen LogP contribution in [0.1, 0.15) is 34.3 Å². The zero-order valence-electron chi connectivity index (χ0n) is 13.3. The first-order valence-electron chi connectivity index (χ1n) is 8.01. The molecule has 2 aromatic rings. The molecule has 0 atom stereocenters. The van der Waals surface area contributed by atoms with Crippen molar-refractivity contribution in [2.24, 2.45) is 0 Å². The molecule has 2 aromatic carbocycles. The van der Waals surface area contributed by atoms with E-state index in [4.69, 9.17) is 0 Å². The van der Waals surface area contributed by atoms with Gasteiger partial charge in [0.25, 0.3) is 5.91 Å². The van der Waals surface area contributed by atoms with Crippen molar-refractivity contribution in [3.8, 4) is 0 Å². The molecule has 4 nitrogen and oxygen atoms in total. The molecule has 0 aromatic heterocycles. The van der Waals surface area contributed by atoms with Gasteiger partial charge in [0.1, 0.15) is 5.82 Å². The lowest BCUT2D eigenvalue weighted by Crippen LogP contribution is -2.24. The number of amides is 2. The summed E-state index contributed by atoms with van der Waals surface area (Å²) in [5.74, 6) is -0.281. The highest BCUT2D eigenvalue weighted by Crippen LogP contribution is 2.15. The molecule has 0 saturated carbocycles. The Hall–Kier alpha value is -2.69. The lowest BCUT2D eigenvalue weighted by molar-refractivity contribution is -0.128. The van der Waals surface area contributed by atoms with Gasteiger partial charge in [-0.25, -0.2) is 4.39 Å². The fourth-order valence-corrected chi connectivity index (χ4v) is 2.74. The largest absolute Gasteiger partial charge is 0.348 e. The zero-order valence-corrected chi connectivity index (χ0v) is 13.3. The van der Waals surface area contributed by atoms with E-state index >= 15 is 0 Å². The second kappa shape index (κ2) is 7.25. The number of nitrogens with one attached hydrogen (secondary N) is 1. The molecule has 124 valence electrons. The van der Waals surface area contributed by atoms with Gasteiger partial charge in [-0.2, -0.15) is 0 Å². The van der Waals surface area contributed by atoms with Crippen molar-refractivity contribution in [3.63, 3.8) is 0 Å². The molecule has 1 fully saturated rings. The van der Waals surface area contributed by atoms with Crippen LogP contribution in [0.2, 0.25) is 0 Å². The maximum Gasteiger partial charge on any atom is 0.251 e. The fourth-order valence-electron chi connectivity index (χ4n) is 2.74. The van der Waals surface area contributed by atoms with Crippen LogP contribution < -0.4 is 5.32 Å². The average Bonchev–Trinajstić information content (AvgIpc) is 3.00. The molecule has 0 radical (unpaired) electrons. The Bertz CT molecular complexity index is 726. The maximum atomic E-state index is 12.8. The Balaban J connectivity index is 1.55. The standard InChI is InChI=1S/C19H19FN2O2/c20-17-9-5-14(6-10-17)12-21-19(24)16-7-3-15(4-8-16)13-22-11-1-2-18(22)23/h3-10H,1-2,11-13H2,(H,21,24). The number of carbonyl (C=O) groups is 2. The van der Waals surface area contributed by atoms with Gasteiger partial charge in [-0.15, -0.1) is 0 Å². The first-order chi connectivity index (χ1) is 11.6. The van der Waals surface area contributed by atoms with Crippen molar-refractivity contribution in [2.75, 3.05) is 6.54 Å². The molecule has 24 heavy (non-hydrogen) atoms. The minimum Gasteiger partial charge on any atom is -0.348 e. The van der Waals surface area contributed by atoms with Crippen LogP contribution >= 0.6 is 0 Å². The number of carbonyl (C=O) groups excluding carboxylic acids is 2. The van der Waals surface area contributed by atoms with E-state index in [1.165, 1.54) is 12.1 Å². The zero-order chi connectivity index (χ0) is 16.9. The summed E-state index contributed by atoms with van der Waals surface area (Å²) in [6.45, 7) is 1.75. The van der Waals surface area contributed by atoms with Crippen LogP contribution in [-0.2, 0) is 17.9 Å². The van der Waals surface area contributed by atoms with E-state index in [0.717, 1.165) is 24.1 Å². The lowest BCUT2D eigenvalue weighted by Gasteiger charge is -2.15. The molecular weight excluding hydrogens is 307 g/mol. The number of hydrogen-bond donors (Lipinski definition) is 1. The van der Waals surface area contributed by atoms with Gasteiger partial charge in [0.15, 0.2) is 0 Å². The highest BCUT2D eigenvalue weighted by Gasteiger charge is 2.19. The first kappa shape index (κ1) is 16.2. The van der Waals surface area contributed by atoms with Crippen molar-refractivity contribution >= 4 is 11.8 Å². The molecule has 3 rings (SSSR count). The predicted molar refractivity (Wildman–Crippen MR) is 88.7 cm³/mol. The summed E-state index contributed by atoms with van der Waals surface area (Å²) in [5, 5.41) is 2.81. The van der Waals surface area contributed by atoms with E-state index in [-0.39, 0.29) is 17.6 Å². The number of nitrogens with zero attached hydrogens (tertiary/aromatic N) is 1. The summed E-state index contributed by atoms with van der Waals surface area (Å²) >= 11 is 0. The summed E-state index contributed by atoms with van der Waals surface area (Å²) in [6, 6.07) is 13.3. The third-order valence-corrected chi connectivity index (χ3v) is 4.13. The van der Waals surface area contributed by atoms with E-state index in [1.54, 1.807) is 24.3 Å². The van der Waals surface area contributed by atoms with Crippen molar-refractivity contribution in [2.45, 2.75) is 25.9 Å². The van der Waals surface area contributed by atoms with Crippen LogP contribution in [0.4, 0.5) is 4.39 Å². The Morgan fingerprint density at radius 2 is 1.71 bits per heavy atom. The van der Waals surface area contributed by atoms with Crippen molar-refractivity contribution in [1.82, 2.24) is 10.2 Å². The minimum atomic E-state index is -0.294. The molecule has 0 bridgehead atoms. The lowest BCUT2D eigenvalue weighted by atomic mass is 10.1. The molecule has 1 aliphatic rings. The number of benzene rings is 2. The predicted octanol–water partition coefficient (Wildman–Crippen LogP) is 2.88. The van der Waals surface area contributed by atoms with Crippen LogP contribution in [0.15, 0.2) is 48.5 Å². The molecule has 5 heteroatoms. The van der Waals surface area contributed by atoms with Crippen LogP contribution in [0.5, 0.6) is 0 Å². The van der Waals surface area contributed by atoms with Crippen molar-refractivity contribution in [3.05, 3.63) is 71.0 Å². The average molecular weight is 326 g/mol.